The minimum absolute atomic E-state index is 0.245. The minimum Gasteiger partial charge on any atom is -0.490 e. The first-order valence-corrected chi connectivity index (χ1v) is 6.75. The molecular weight excluding hydrogens is 273 g/mol. The number of hydrogen-bond donors (Lipinski definition) is 2. The number of nitrogens with one attached hydrogen (secondary N) is 1. The molecule has 110 valence electrons. The zero-order valence-corrected chi connectivity index (χ0v) is 11.4. The molecule has 6 heteroatoms. The van der Waals surface area contributed by atoms with Gasteiger partial charge in [0, 0.05) is 12.6 Å². The number of hydrazine groups is 1. The molecule has 0 radical (unpaired) electrons. The SMILES string of the molecule is NNC(c1ccc2c(c1)OCCCO2)c1ncccc1F. The molecule has 0 spiro atoms. The van der Waals surface area contributed by atoms with Crippen molar-refractivity contribution in [2.45, 2.75) is 12.5 Å². The number of hydrogen-bond acceptors (Lipinski definition) is 5. The molecule has 1 aliphatic heterocycles. The molecule has 0 aliphatic carbocycles. The highest BCUT2D eigenvalue weighted by Gasteiger charge is 2.20. The van der Waals surface area contributed by atoms with E-state index < -0.39 is 11.9 Å². The summed E-state index contributed by atoms with van der Waals surface area (Å²) >= 11 is 0. The van der Waals surface area contributed by atoms with Crippen molar-refractivity contribution < 1.29 is 13.9 Å². The van der Waals surface area contributed by atoms with Crippen LogP contribution in [0.1, 0.15) is 23.7 Å². The fourth-order valence-corrected chi connectivity index (χ4v) is 2.30. The Labute approximate surface area is 121 Å². The molecule has 1 aromatic heterocycles. The second-order valence-corrected chi connectivity index (χ2v) is 4.73. The van der Waals surface area contributed by atoms with Crippen molar-refractivity contribution in [3.63, 3.8) is 0 Å². The van der Waals surface area contributed by atoms with Gasteiger partial charge in [-0.25, -0.2) is 9.82 Å². The topological polar surface area (TPSA) is 69.4 Å². The van der Waals surface area contributed by atoms with Crippen molar-refractivity contribution in [3.05, 3.63) is 53.6 Å². The molecule has 0 saturated heterocycles. The quantitative estimate of drug-likeness (QED) is 0.667. The van der Waals surface area contributed by atoms with Gasteiger partial charge in [-0.15, -0.1) is 0 Å². The summed E-state index contributed by atoms with van der Waals surface area (Å²) in [5.74, 6) is 6.50. The third kappa shape index (κ3) is 2.81. The summed E-state index contributed by atoms with van der Waals surface area (Å²) < 4.78 is 25.1. The van der Waals surface area contributed by atoms with Gasteiger partial charge in [0.15, 0.2) is 11.5 Å². The lowest BCUT2D eigenvalue weighted by molar-refractivity contribution is 0.297. The van der Waals surface area contributed by atoms with Crippen LogP contribution in [0, 0.1) is 5.82 Å². The Balaban J connectivity index is 1.98. The Morgan fingerprint density at radius 2 is 2.00 bits per heavy atom. The fourth-order valence-electron chi connectivity index (χ4n) is 2.30. The van der Waals surface area contributed by atoms with Gasteiger partial charge in [0.25, 0.3) is 0 Å². The van der Waals surface area contributed by atoms with Crippen LogP contribution in [0.3, 0.4) is 0 Å². The van der Waals surface area contributed by atoms with E-state index in [2.05, 4.69) is 10.4 Å². The van der Waals surface area contributed by atoms with Crippen molar-refractivity contribution in [3.8, 4) is 11.5 Å². The van der Waals surface area contributed by atoms with Crippen molar-refractivity contribution >= 4 is 0 Å². The standard InChI is InChI=1S/C15H16FN3O2/c16-11-3-1-6-18-15(11)14(19-17)10-4-5-12-13(9-10)21-8-2-7-20-12/h1,3-6,9,14,19H,2,7-8,17H2. The van der Waals surface area contributed by atoms with Crippen molar-refractivity contribution in [2.75, 3.05) is 13.2 Å². The molecule has 21 heavy (non-hydrogen) atoms. The number of nitrogens with two attached hydrogens (primary N) is 1. The highest BCUT2D eigenvalue weighted by atomic mass is 19.1. The van der Waals surface area contributed by atoms with E-state index in [0.717, 1.165) is 12.0 Å². The van der Waals surface area contributed by atoms with E-state index in [0.29, 0.717) is 24.7 Å². The Hall–Kier alpha value is -2.18. The molecular formula is C15H16FN3O2. The highest BCUT2D eigenvalue weighted by molar-refractivity contribution is 5.45. The van der Waals surface area contributed by atoms with Crippen molar-refractivity contribution in [2.24, 2.45) is 5.84 Å². The molecule has 1 aromatic carbocycles. The van der Waals surface area contributed by atoms with Gasteiger partial charge in [0.1, 0.15) is 5.82 Å². The first-order valence-electron chi connectivity index (χ1n) is 6.75. The van der Waals surface area contributed by atoms with Crippen molar-refractivity contribution in [1.29, 1.82) is 0 Å². The third-order valence-electron chi connectivity index (χ3n) is 3.33. The first-order chi connectivity index (χ1) is 10.3. The van der Waals surface area contributed by atoms with E-state index in [9.17, 15) is 4.39 Å². The van der Waals surface area contributed by atoms with Crippen molar-refractivity contribution in [1.82, 2.24) is 10.4 Å². The summed E-state index contributed by atoms with van der Waals surface area (Å²) in [5.41, 5.74) is 3.61. The summed E-state index contributed by atoms with van der Waals surface area (Å²) in [6, 6.07) is 7.78. The number of halogens is 1. The molecule has 0 saturated carbocycles. The molecule has 0 fully saturated rings. The van der Waals surface area contributed by atoms with Gasteiger partial charge in [0.05, 0.1) is 24.9 Å². The molecule has 1 aliphatic rings. The average Bonchev–Trinajstić information content (AvgIpc) is 2.75. The van der Waals surface area contributed by atoms with Crippen LogP contribution in [0.15, 0.2) is 36.5 Å². The second-order valence-electron chi connectivity index (χ2n) is 4.73. The minimum atomic E-state index is -0.552. The van der Waals surface area contributed by atoms with E-state index >= 15 is 0 Å². The maximum atomic E-state index is 13.9. The number of fused-ring (bicyclic) bond motifs is 1. The smallest absolute Gasteiger partial charge is 0.161 e. The molecule has 0 bridgehead atoms. The predicted molar refractivity (Wildman–Crippen MR) is 75.4 cm³/mol. The molecule has 2 aromatic rings. The van der Waals surface area contributed by atoms with Crippen LogP contribution in [0.5, 0.6) is 11.5 Å². The molecule has 2 heterocycles. The molecule has 3 rings (SSSR count). The lowest BCUT2D eigenvalue weighted by atomic mass is 10.0. The Morgan fingerprint density at radius 1 is 1.19 bits per heavy atom. The summed E-state index contributed by atoms with van der Waals surface area (Å²) in [7, 11) is 0. The third-order valence-corrected chi connectivity index (χ3v) is 3.33. The number of rotatable bonds is 3. The number of pyridine rings is 1. The Morgan fingerprint density at radius 3 is 2.76 bits per heavy atom. The van der Waals surface area contributed by atoms with Gasteiger partial charge < -0.3 is 9.47 Å². The van der Waals surface area contributed by atoms with Crippen LogP contribution in [0.25, 0.3) is 0 Å². The van der Waals surface area contributed by atoms with Crippen LogP contribution in [0.2, 0.25) is 0 Å². The van der Waals surface area contributed by atoms with Gasteiger partial charge in [-0.2, -0.15) is 0 Å². The average molecular weight is 289 g/mol. The van der Waals surface area contributed by atoms with Crippen LogP contribution >= 0.6 is 0 Å². The molecule has 5 nitrogen and oxygen atoms in total. The second kappa shape index (κ2) is 6.07. The highest BCUT2D eigenvalue weighted by Crippen LogP contribution is 2.33. The van der Waals surface area contributed by atoms with E-state index in [1.807, 2.05) is 6.07 Å². The van der Waals surface area contributed by atoms with Crippen LogP contribution < -0.4 is 20.7 Å². The predicted octanol–water partition coefficient (Wildman–Crippen LogP) is 1.93. The van der Waals surface area contributed by atoms with E-state index in [4.69, 9.17) is 15.3 Å². The number of aromatic nitrogens is 1. The zero-order valence-electron chi connectivity index (χ0n) is 11.4. The van der Waals surface area contributed by atoms with Crippen LogP contribution in [0.4, 0.5) is 4.39 Å². The van der Waals surface area contributed by atoms with Gasteiger partial charge >= 0.3 is 0 Å². The molecule has 0 amide bonds. The van der Waals surface area contributed by atoms with Gasteiger partial charge in [-0.05, 0) is 29.8 Å². The summed E-state index contributed by atoms with van der Waals surface area (Å²) in [4.78, 5) is 4.07. The fraction of sp³-hybridized carbons (Fsp3) is 0.267. The van der Waals surface area contributed by atoms with Crippen LogP contribution in [-0.2, 0) is 0 Å². The largest absolute Gasteiger partial charge is 0.490 e. The Bertz CT molecular complexity index is 636. The lowest BCUT2D eigenvalue weighted by Gasteiger charge is -2.18. The van der Waals surface area contributed by atoms with Crippen LogP contribution in [-0.4, -0.2) is 18.2 Å². The number of ether oxygens (including phenoxy) is 2. The molecule has 3 N–H and O–H groups in total. The van der Waals surface area contributed by atoms with E-state index in [-0.39, 0.29) is 5.69 Å². The van der Waals surface area contributed by atoms with E-state index in [1.54, 1.807) is 18.2 Å². The molecule has 1 unspecified atom stereocenters. The monoisotopic (exact) mass is 289 g/mol. The number of benzene rings is 1. The maximum absolute atomic E-state index is 13.9. The van der Waals surface area contributed by atoms with E-state index in [1.165, 1.54) is 12.3 Å². The summed E-state index contributed by atoms with van der Waals surface area (Å²) in [6.45, 7) is 1.22. The molecule has 1 atom stereocenters. The van der Waals surface area contributed by atoms with Gasteiger partial charge in [0.2, 0.25) is 0 Å². The summed E-state index contributed by atoms with van der Waals surface area (Å²) in [6.07, 6.45) is 2.36. The first kappa shape index (κ1) is 13.8. The van der Waals surface area contributed by atoms with Gasteiger partial charge in [-0.1, -0.05) is 6.07 Å². The Kier molecular flexibility index (Phi) is 3.98. The van der Waals surface area contributed by atoms with Gasteiger partial charge in [-0.3, -0.25) is 10.8 Å². The lowest BCUT2D eigenvalue weighted by Crippen LogP contribution is -2.30. The zero-order chi connectivity index (χ0) is 14.7. The summed E-state index contributed by atoms with van der Waals surface area (Å²) in [5, 5.41) is 0. The maximum Gasteiger partial charge on any atom is 0.161 e. The normalized spacial score (nSPS) is 15.3. The number of nitrogens with zero attached hydrogens (tertiary/aromatic N) is 1.